The van der Waals surface area contributed by atoms with Gasteiger partial charge in [0.05, 0.1) is 5.57 Å². The van der Waals surface area contributed by atoms with Crippen LogP contribution in [0, 0.1) is 11.3 Å². The molecule has 2 aliphatic rings. The Morgan fingerprint density at radius 2 is 1.77 bits per heavy atom. The number of carbonyl (C=O) groups is 1. The van der Waals surface area contributed by atoms with E-state index in [0.29, 0.717) is 24.1 Å². The van der Waals surface area contributed by atoms with Crippen molar-refractivity contribution >= 4 is 39.8 Å². The fourth-order valence-corrected chi connectivity index (χ4v) is 3.83. The van der Waals surface area contributed by atoms with Crippen LogP contribution in [-0.4, -0.2) is 40.2 Å². The molecule has 0 atom stereocenters. The predicted molar refractivity (Wildman–Crippen MR) is 124 cm³/mol. The number of hydrogen-bond donors (Lipinski definition) is 1. The summed E-state index contributed by atoms with van der Waals surface area (Å²) < 4.78 is 11.4. The first-order chi connectivity index (χ1) is 15.0. The van der Waals surface area contributed by atoms with Crippen molar-refractivity contribution in [2.75, 3.05) is 13.2 Å². The number of nitrogens with zero attached hydrogens (tertiary/aromatic N) is 3. The van der Waals surface area contributed by atoms with Crippen molar-refractivity contribution in [2.24, 2.45) is 16.0 Å². The van der Waals surface area contributed by atoms with Gasteiger partial charge in [-0.25, -0.2) is 0 Å². The lowest BCUT2D eigenvalue weighted by Gasteiger charge is -2.20. The lowest BCUT2D eigenvalue weighted by molar-refractivity contribution is -0.114. The second-order valence-electron chi connectivity index (χ2n) is 7.20. The maximum absolute atomic E-state index is 12.5. The smallest absolute Gasteiger partial charge is 0.283 e. The zero-order chi connectivity index (χ0) is 21.8. The van der Waals surface area contributed by atoms with Crippen molar-refractivity contribution in [2.45, 2.75) is 13.8 Å². The van der Waals surface area contributed by atoms with Crippen LogP contribution in [0.3, 0.4) is 0 Å². The molecule has 2 aromatic rings. The topological polar surface area (TPSA) is 87.3 Å². The Morgan fingerprint density at radius 3 is 2.52 bits per heavy atom. The second-order valence-corrected chi connectivity index (χ2v) is 8.18. The summed E-state index contributed by atoms with van der Waals surface area (Å²) in [5.74, 6) is 1.24. The van der Waals surface area contributed by atoms with Gasteiger partial charge in [-0.3, -0.25) is 10.2 Å². The molecule has 4 rings (SSSR count). The van der Waals surface area contributed by atoms with Crippen molar-refractivity contribution in [1.29, 1.82) is 5.41 Å². The van der Waals surface area contributed by atoms with E-state index in [1.165, 1.54) is 16.8 Å². The molecule has 158 valence electrons. The lowest BCUT2D eigenvalue weighted by Crippen LogP contribution is -2.35. The molecule has 0 aromatic heterocycles. The molecule has 0 spiro atoms. The number of aliphatic imine (C=N–C) groups is 1. The number of amides is 1. The largest absolute Gasteiger partial charge is 0.490 e. The molecule has 1 N–H and O–H groups in total. The highest BCUT2D eigenvalue weighted by atomic mass is 32.2. The molecular formula is C23H22N4O3S. The molecule has 2 aliphatic heterocycles. The van der Waals surface area contributed by atoms with Gasteiger partial charge in [0.15, 0.2) is 5.84 Å². The first-order valence-electron chi connectivity index (χ1n) is 9.92. The Morgan fingerprint density at radius 1 is 1.06 bits per heavy atom. The van der Waals surface area contributed by atoms with E-state index < -0.39 is 5.91 Å². The number of thioether (sulfide) groups is 1. The summed E-state index contributed by atoms with van der Waals surface area (Å²) in [6, 6.07) is 16.9. The Kier molecular flexibility index (Phi) is 6.18. The number of para-hydroxylation sites is 1. The third-order valence-corrected chi connectivity index (χ3v) is 5.71. The number of hydrazone groups is 1. The highest BCUT2D eigenvalue weighted by molar-refractivity contribution is 8.27. The molecule has 2 heterocycles. The number of hydrogen-bond acceptors (Lipinski definition) is 6. The summed E-state index contributed by atoms with van der Waals surface area (Å²) in [4.78, 5) is 16.6. The van der Waals surface area contributed by atoms with Gasteiger partial charge < -0.3 is 9.47 Å². The lowest BCUT2D eigenvalue weighted by atomic mass is 10.1. The minimum Gasteiger partial charge on any atom is -0.490 e. The second kappa shape index (κ2) is 9.18. The summed E-state index contributed by atoms with van der Waals surface area (Å²) in [5, 5.41) is 15.6. The molecule has 0 fully saturated rings. The van der Waals surface area contributed by atoms with Crippen molar-refractivity contribution in [3.63, 3.8) is 0 Å². The summed E-state index contributed by atoms with van der Waals surface area (Å²) in [5.41, 5.74) is 0.941. The molecule has 0 unspecified atom stereocenters. The molecule has 2 aromatic carbocycles. The Balaban J connectivity index is 1.43. The van der Waals surface area contributed by atoms with Crippen LogP contribution >= 0.6 is 11.8 Å². The molecule has 7 nitrogen and oxygen atoms in total. The average Bonchev–Trinajstić information content (AvgIpc) is 3.20. The van der Waals surface area contributed by atoms with Gasteiger partial charge in [-0.2, -0.15) is 15.1 Å². The van der Waals surface area contributed by atoms with Crippen LogP contribution < -0.4 is 9.47 Å². The summed E-state index contributed by atoms with van der Waals surface area (Å²) in [6.07, 6.45) is 1.64. The zero-order valence-corrected chi connectivity index (χ0v) is 18.1. The minimum absolute atomic E-state index is 0.0285. The van der Waals surface area contributed by atoms with Crippen LogP contribution in [0.25, 0.3) is 6.08 Å². The van der Waals surface area contributed by atoms with Gasteiger partial charge in [0.2, 0.25) is 5.17 Å². The zero-order valence-electron chi connectivity index (χ0n) is 17.2. The Labute approximate surface area is 185 Å². The van der Waals surface area contributed by atoms with E-state index >= 15 is 0 Å². The number of ether oxygens (including phenoxy) is 2. The molecule has 0 saturated heterocycles. The van der Waals surface area contributed by atoms with Gasteiger partial charge in [0.1, 0.15) is 29.8 Å². The summed E-state index contributed by atoms with van der Waals surface area (Å²) in [7, 11) is 0. The van der Waals surface area contributed by atoms with E-state index in [1.807, 2.05) is 68.4 Å². The maximum atomic E-state index is 12.5. The third-order valence-electron chi connectivity index (χ3n) is 4.50. The van der Waals surface area contributed by atoms with Crippen molar-refractivity contribution in [3.8, 4) is 11.5 Å². The fourth-order valence-electron chi connectivity index (χ4n) is 2.94. The number of amidine groups is 2. The van der Waals surface area contributed by atoms with E-state index in [-0.39, 0.29) is 17.3 Å². The minimum atomic E-state index is -0.438. The first-order valence-corrected chi connectivity index (χ1v) is 10.7. The fraction of sp³-hybridized carbons (Fsp3) is 0.217. The number of carbonyl (C=O) groups excluding carboxylic acids is 1. The van der Waals surface area contributed by atoms with E-state index in [0.717, 1.165) is 16.4 Å². The van der Waals surface area contributed by atoms with Gasteiger partial charge in [0.25, 0.3) is 5.91 Å². The highest BCUT2D eigenvalue weighted by Crippen LogP contribution is 2.31. The quantitative estimate of drug-likeness (QED) is 0.515. The van der Waals surface area contributed by atoms with Crippen LogP contribution in [0.2, 0.25) is 0 Å². The van der Waals surface area contributed by atoms with Crippen molar-refractivity contribution in [3.05, 3.63) is 65.7 Å². The Bertz CT molecular complexity index is 1090. The first kappa shape index (κ1) is 20.9. The SMILES string of the molecule is CC(C)C1=NN2C(=N)C(=Cc3cccc(OCCOc4ccccc4)c3)C(=O)N=C2S1. The standard InChI is InChI=1S/C23H22N4O3S/c1-15(2)22-26-27-20(24)19(21(28)25-23(27)31-22)14-16-7-6-10-18(13-16)30-12-11-29-17-8-4-3-5-9-17/h3-10,13-15,24H,11-12H2,1-2H3. The van der Waals surface area contributed by atoms with E-state index in [9.17, 15) is 4.79 Å². The molecule has 0 saturated carbocycles. The van der Waals surface area contributed by atoms with Crippen molar-refractivity contribution < 1.29 is 14.3 Å². The van der Waals surface area contributed by atoms with E-state index in [1.54, 1.807) is 6.08 Å². The number of rotatable bonds is 7. The van der Waals surface area contributed by atoms with Crippen LogP contribution in [0.5, 0.6) is 11.5 Å². The Hall–Kier alpha value is -3.39. The van der Waals surface area contributed by atoms with Crippen LogP contribution in [-0.2, 0) is 4.79 Å². The molecule has 0 radical (unpaired) electrons. The summed E-state index contributed by atoms with van der Waals surface area (Å²) >= 11 is 1.34. The van der Waals surface area contributed by atoms with Gasteiger partial charge in [0, 0.05) is 5.92 Å². The summed E-state index contributed by atoms with van der Waals surface area (Å²) in [6.45, 7) is 4.83. The van der Waals surface area contributed by atoms with Crippen LogP contribution in [0.1, 0.15) is 19.4 Å². The van der Waals surface area contributed by atoms with E-state index in [4.69, 9.17) is 14.9 Å². The molecule has 0 bridgehead atoms. The van der Waals surface area contributed by atoms with Gasteiger partial charge in [-0.15, -0.1) is 0 Å². The van der Waals surface area contributed by atoms with Gasteiger partial charge in [-0.1, -0.05) is 44.2 Å². The van der Waals surface area contributed by atoms with Gasteiger partial charge >= 0.3 is 0 Å². The van der Waals surface area contributed by atoms with E-state index in [2.05, 4.69) is 10.1 Å². The third kappa shape index (κ3) is 4.86. The number of fused-ring (bicyclic) bond motifs is 1. The number of benzene rings is 2. The number of nitrogens with one attached hydrogen (secondary N) is 1. The molecule has 0 aliphatic carbocycles. The predicted octanol–water partition coefficient (Wildman–Crippen LogP) is 4.42. The maximum Gasteiger partial charge on any atom is 0.283 e. The van der Waals surface area contributed by atoms with Crippen LogP contribution in [0.15, 0.2) is 70.3 Å². The van der Waals surface area contributed by atoms with Crippen LogP contribution in [0.4, 0.5) is 0 Å². The highest BCUT2D eigenvalue weighted by Gasteiger charge is 2.36. The monoisotopic (exact) mass is 434 g/mol. The molecular weight excluding hydrogens is 412 g/mol. The molecule has 1 amide bonds. The average molecular weight is 435 g/mol. The van der Waals surface area contributed by atoms with Crippen molar-refractivity contribution in [1.82, 2.24) is 5.01 Å². The van der Waals surface area contributed by atoms with Gasteiger partial charge in [-0.05, 0) is 47.7 Å². The molecule has 31 heavy (non-hydrogen) atoms. The molecule has 8 heteroatoms. The normalized spacial score (nSPS) is 17.0.